The van der Waals surface area contributed by atoms with E-state index in [0.29, 0.717) is 5.92 Å². The molecule has 1 aliphatic carbocycles. The van der Waals surface area contributed by atoms with Crippen molar-refractivity contribution >= 4 is 29.7 Å². The van der Waals surface area contributed by atoms with E-state index in [9.17, 15) is 0 Å². The van der Waals surface area contributed by atoms with Crippen LogP contribution >= 0.6 is 24.0 Å². The second-order valence-corrected chi connectivity index (χ2v) is 7.91. The predicted octanol–water partition coefficient (Wildman–Crippen LogP) is 6.03. The molecule has 132 valence electrons. The minimum atomic E-state index is 0.525. The van der Waals surface area contributed by atoms with Crippen LogP contribution in [-0.4, -0.2) is 11.6 Å². The van der Waals surface area contributed by atoms with Crippen LogP contribution in [0.15, 0.2) is 63.9 Å². The van der Waals surface area contributed by atoms with Gasteiger partial charge in [0.25, 0.3) is 0 Å². The van der Waals surface area contributed by atoms with Crippen molar-refractivity contribution in [2.75, 3.05) is 6.54 Å². The van der Waals surface area contributed by atoms with Gasteiger partial charge in [0.15, 0.2) is 0 Å². The van der Waals surface area contributed by atoms with Gasteiger partial charge in [-0.2, -0.15) is 11.3 Å². The number of thiophene rings is 1. The summed E-state index contributed by atoms with van der Waals surface area (Å²) in [7, 11) is 0. The number of nitrogens with zero attached hydrogens (tertiary/aromatic N) is 1. The Morgan fingerprint density at radius 3 is 2.96 bits per heavy atom. The summed E-state index contributed by atoms with van der Waals surface area (Å²) >= 11 is 6.32. The van der Waals surface area contributed by atoms with Gasteiger partial charge in [0.2, 0.25) is 0 Å². The van der Waals surface area contributed by atoms with Crippen LogP contribution in [0.4, 0.5) is 0 Å². The zero-order chi connectivity index (χ0) is 18.0. The van der Waals surface area contributed by atoms with Gasteiger partial charge >= 0.3 is 0 Å². The second kappa shape index (κ2) is 7.81. The number of hydrogen-bond donors (Lipinski definition) is 2. The van der Waals surface area contributed by atoms with E-state index >= 15 is 0 Å². The molecule has 1 aromatic heterocycles. The van der Waals surface area contributed by atoms with E-state index in [1.54, 1.807) is 11.3 Å². The Kier molecular flexibility index (Phi) is 5.72. The van der Waals surface area contributed by atoms with E-state index in [0.717, 1.165) is 42.1 Å². The number of hydrogen-bond acceptors (Lipinski definition) is 4. The highest BCUT2D eigenvalue weighted by Crippen LogP contribution is 2.36. The molecular weight excluding hydrogens is 344 g/mol. The number of allylic oxidation sites excluding steroid dienone is 7. The molecule has 1 unspecified atom stereocenters. The predicted molar refractivity (Wildman–Crippen MR) is 114 cm³/mol. The molecule has 0 spiro atoms. The van der Waals surface area contributed by atoms with E-state index in [1.807, 2.05) is 6.08 Å². The van der Waals surface area contributed by atoms with Crippen molar-refractivity contribution in [2.24, 2.45) is 0 Å². The standard InChI is InChI=1S/C21H26N2S2/c1-5-16-7-8-19(24)10-18(16)9-14(3)23-15(4)20-12-25-13-21(20)17(6-2)11-22-23/h5,9-10,12-13,17,22,24H,1,4,6-8,11H2,2-3H3/b14-9+. The molecule has 3 rings (SSSR count). The molecule has 4 heteroatoms. The van der Waals surface area contributed by atoms with Gasteiger partial charge in [0, 0.05) is 23.2 Å². The monoisotopic (exact) mass is 370 g/mol. The van der Waals surface area contributed by atoms with Crippen LogP contribution in [0.3, 0.4) is 0 Å². The van der Waals surface area contributed by atoms with Crippen molar-refractivity contribution in [3.8, 4) is 0 Å². The normalized spacial score (nSPS) is 21.8. The van der Waals surface area contributed by atoms with Crippen LogP contribution in [-0.2, 0) is 0 Å². The molecule has 25 heavy (non-hydrogen) atoms. The van der Waals surface area contributed by atoms with Gasteiger partial charge < -0.3 is 0 Å². The fraction of sp³-hybridized carbons (Fsp3) is 0.333. The molecule has 2 aliphatic rings. The molecule has 1 N–H and O–H groups in total. The first kappa shape index (κ1) is 18.3. The third-order valence-electron chi connectivity index (χ3n) is 5.01. The zero-order valence-corrected chi connectivity index (χ0v) is 16.7. The molecular formula is C21H26N2S2. The van der Waals surface area contributed by atoms with Gasteiger partial charge in [-0.1, -0.05) is 26.2 Å². The Labute approximate surface area is 160 Å². The first-order chi connectivity index (χ1) is 12.0. The summed E-state index contributed by atoms with van der Waals surface area (Å²) in [4.78, 5) is 1.12. The van der Waals surface area contributed by atoms with Gasteiger partial charge in [-0.05, 0) is 71.3 Å². The van der Waals surface area contributed by atoms with E-state index in [-0.39, 0.29) is 0 Å². The average Bonchev–Trinajstić information content (AvgIpc) is 3.03. The summed E-state index contributed by atoms with van der Waals surface area (Å²) in [5.74, 6) is 0.525. The molecule has 0 aromatic carbocycles. The molecule has 0 bridgehead atoms. The largest absolute Gasteiger partial charge is 0.281 e. The third kappa shape index (κ3) is 3.71. The molecule has 0 radical (unpaired) electrons. The molecule has 1 atom stereocenters. The van der Waals surface area contributed by atoms with E-state index in [2.05, 4.69) is 73.0 Å². The topological polar surface area (TPSA) is 15.3 Å². The van der Waals surface area contributed by atoms with Gasteiger partial charge in [-0.3, -0.25) is 5.01 Å². The molecule has 2 nitrogen and oxygen atoms in total. The van der Waals surface area contributed by atoms with Gasteiger partial charge in [0.1, 0.15) is 0 Å². The number of thiol groups is 1. The molecule has 0 saturated heterocycles. The summed E-state index contributed by atoms with van der Waals surface area (Å²) in [6.07, 6.45) is 9.44. The molecule has 0 saturated carbocycles. The Morgan fingerprint density at radius 2 is 2.24 bits per heavy atom. The Balaban J connectivity index is 1.95. The van der Waals surface area contributed by atoms with Crippen molar-refractivity contribution in [2.45, 2.75) is 39.0 Å². The lowest BCUT2D eigenvalue weighted by molar-refractivity contribution is 0.348. The lowest BCUT2D eigenvalue weighted by Crippen LogP contribution is -2.35. The van der Waals surface area contributed by atoms with Crippen LogP contribution in [0.25, 0.3) is 5.70 Å². The van der Waals surface area contributed by atoms with Crippen molar-refractivity contribution in [1.82, 2.24) is 10.4 Å². The molecule has 0 amide bonds. The average molecular weight is 371 g/mol. The van der Waals surface area contributed by atoms with Crippen molar-refractivity contribution < 1.29 is 0 Å². The maximum absolute atomic E-state index is 4.56. The van der Waals surface area contributed by atoms with Gasteiger partial charge in [-0.25, -0.2) is 5.43 Å². The minimum Gasteiger partial charge on any atom is -0.281 e. The first-order valence-electron chi connectivity index (χ1n) is 8.77. The lowest BCUT2D eigenvalue weighted by Gasteiger charge is -2.27. The maximum Gasteiger partial charge on any atom is 0.0585 e. The van der Waals surface area contributed by atoms with Crippen LogP contribution < -0.4 is 5.43 Å². The van der Waals surface area contributed by atoms with Crippen molar-refractivity contribution in [1.29, 1.82) is 0 Å². The number of nitrogens with one attached hydrogen (secondary N) is 1. The van der Waals surface area contributed by atoms with Gasteiger partial charge in [0.05, 0.1) is 5.70 Å². The van der Waals surface area contributed by atoms with Crippen molar-refractivity contribution in [3.05, 3.63) is 75.0 Å². The molecule has 0 fully saturated rings. The number of hydrazine groups is 1. The van der Waals surface area contributed by atoms with E-state index in [1.165, 1.54) is 22.3 Å². The zero-order valence-electron chi connectivity index (χ0n) is 15.0. The SMILES string of the molecule is C=CC1=C(/C=C(\C)N2NCC(CC)c3cscc3C2=C)C=C(S)CC1. The molecule has 2 heterocycles. The Bertz CT molecular complexity index is 780. The van der Waals surface area contributed by atoms with Gasteiger partial charge in [-0.15, -0.1) is 12.6 Å². The molecule has 1 aliphatic heterocycles. The Morgan fingerprint density at radius 1 is 1.44 bits per heavy atom. The van der Waals surface area contributed by atoms with E-state index < -0.39 is 0 Å². The summed E-state index contributed by atoms with van der Waals surface area (Å²) < 4.78 is 0. The summed E-state index contributed by atoms with van der Waals surface area (Å²) in [6, 6.07) is 0. The van der Waals surface area contributed by atoms with Crippen LogP contribution in [0.2, 0.25) is 0 Å². The van der Waals surface area contributed by atoms with Crippen molar-refractivity contribution in [3.63, 3.8) is 0 Å². The third-order valence-corrected chi connectivity index (χ3v) is 6.12. The highest BCUT2D eigenvalue weighted by Gasteiger charge is 2.25. The van der Waals surface area contributed by atoms with Crippen LogP contribution in [0, 0.1) is 0 Å². The quantitative estimate of drug-likeness (QED) is 0.629. The highest BCUT2D eigenvalue weighted by molar-refractivity contribution is 7.84. The van der Waals surface area contributed by atoms with Crippen LogP contribution in [0.1, 0.15) is 50.2 Å². The molecule has 1 aromatic rings. The summed E-state index contributed by atoms with van der Waals surface area (Å²) in [6.45, 7) is 13.6. The fourth-order valence-electron chi connectivity index (χ4n) is 3.48. The number of fused-ring (bicyclic) bond motifs is 1. The van der Waals surface area contributed by atoms with E-state index in [4.69, 9.17) is 0 Å². The fourth-order valence-corrected chi connectivity index (χ4v) is 4.68. The van der Waals surface area contributed by atoms with Crippen LogP contribution in [0.5, 0.6) is 0 Å². The lowest BCUT2D eigenvalue weighted by atomic mass is 9.95. The smallest absolute Gasteiger partial charge is 0.0585 e. The summed E-state index contributed by atoms with van der Waals surface area (Å²) in [5.41, 5.74) is 10.9. The summed E-state index contributed by atoms with van der Waals surface area (Å²) in [5, 5.41) is 6.62. The first-order valence-corrected chi connectivity index (χ1v) is 10.2. The number of rotatable bonds is 4. The Hall–Kier alpha value is -1.49. The maximum atomic E-state index is 4.56. The minimum absolute atomic E-state index is 0.525. The highest BCUT2D eigenvalue weighted by atomic mass is 32.1. The second-order valence-electron chi connectivity index (χ2n) is 6.60.